The Bertz CT molecular complexity index is 474. The Hall–Kier alpha value is -0.440. The fraction of sp³-hybridized carbons (Fsp3) is 0.733. The van der Waals surface area contributed by atoms with Crippen LogP contribution in [0.4, 0.5) is 0 Å². The molecule has 0 amide bonds. The number of aromatic nitrogens is 2. The number of hydrogen-bond acceptors (Lipinski definition) is 3. The van der Waals surface area contributed by atoms with E-state index in [1.54, 1.807) is 0 Å². The van der Waals surface area contributed by atoms with Crippen molar-refractivity contribution in [2.24, 2.45) is 10.9 Å². The number of nitrogens with zero attached hydrogens (tertiary/aromatic N) is 4. The second-order valence-corrected chi connectivity index (χ2v) is 7.09. The van der Waals surface area contributed by atoms with Crippen LogP contribution in [0.5, 0.6) is 0 Å². The van der Waals surface area contributed by atoms with Crippen LogP contribution in [0.25, 0.3) is 0 Å². The number of guanidine groups is 1. The van der Waals surface area contributed by atoms with E-state index in [-0.39, 0.29) is 24.0 Å². The molecule has 0 aromatic carbocycles. The largest absolute Gasteiger partial charge is 0.354 e. The van der Waals surface area contributed by atoms with Crippen molar-refractivity contribution in [1.82, 2.24) is 19.8 Å². The summed E-state index contributed by atoms with van der Waals surface area (Å²) in [7, 11) is 1.87. The zero-order chi connectivity index (χ0) is 15.2. The molecule has 1 aromatic rings. The monoisotopic (exact) mass is 437 g/mol. The van der Waals surface area contributed by atoms with Gasteiger partial charge in [-0.15, -0.1) is 24.0 Å². The van der Waals surface area contributed by atoms with Gasteiger partial charge in [-0.3, -0.25) is 4.99 Å². The first-order chi connectivity index (χ1) is 10.1. The Morgan fingerprint density at radius 1 is 1.55 bits per heavy atom. The lowest BCUT2D eigenvalue weighted by molar-refractivity contribution is 0.380. The SMILES string of the molecule is CN=C(NCCn1ccnc1C)N1CCSC(C(C)C)C1.I. The topological polar surface area (TPSA) is 45.5 Å². The summed E-state index contributed by atoms with van der Waals surface area (Å²) in [6.45, 7) is 10.6. The average Bonchev–Trinajstić information content (AvgIpc) is 2.89. The summed E-state index contributed by atoms with van der Waals surface area (Å²) in [5.74, 6) is 3.98. The van der Waals surface area contributed by atoms with Crippen molar-refractivity contribution < 1.29 is 0 Å². The highest BCUT2D eigenvalue weighted by Crippen LogP contribution is 2.24. The lowest BCUT2D eigenvalue weighted by Gasteiger charge is -2.36. The van der Waals surface area contributed by atoms with E-state index in [1.165, 1.54) is 5.75 Å². The maximum atomic E-state index is 4.44. The van der Waals surface area contributed by atoms with Crippen molar-refractivity contribution in [3.05, 3.63) is 18.2 Å². The number of aryl methyl sites for hydroxylation is 1. The molecule has 1 unspecified atom stereocenters. The Labute approximate surface area is 155 Å². The van der Waals surface area contributed by atoms with Crippen LogP contribution in [0.15, 0.2) is 17.4 Å². The summed E-state index contributed by atoms with van der Waals surface area (Å²) in [6.07, 6.45) is 3.87. The summed E-state index contributed by atoms with van der Waals surface area (Å²) in [4.78, 5) is 11.1. The Balaban J connectivity index is 0.00000242. The molecule has 0 aliphatic carbocycles. The van der Waals surface area contributed by atoms with Crippen molar-refractivity contribution in [2.45, 2.75) is 32.6 Å². The number of nitrogens with one attached hydrogen (secondary N) is 1. The molecule has 0 spiro atoms. The lowest BCUT2D eigenvalue weighted by Crippen LogP contribution is -2.49. The fourth-order valence-corrected chi connectivity index (χ4v) is 3.83. The van der Waals surface area contributed by atoms with Crippen LogP contribution < -0.4 is 5.32 Å². The predicted molar refractivity (Wildman–Crippen MR) is 106 cm³/mol. The van der Waals surface area contributed by atoms with Crippen LogP contribution >= 0.6 is 35.7 Å². The minimum atomic E-state index is 0. The number of halogens is 1. The van der Waals surface area contributed by atoms with Crippen LogP contribution in [0.1, 0.15) is 19.7 Å². The van der Waals surface area contributed by atoms with Gasteiger partial charge in [0.25, 0.3) is 0 Å². The van der Waals surface area contributed by atoms with Crippen LogP contribution in [0.2, 0.25) is 0 Å². The number of imidazole rings is 1. The van der Waals surface area contributed by atoms with Crippen molar-refractivity contribution in [3.8, 4) is 0 Å². The van der Waals surface area contributed by atoms with Crippen molar-refractivity contribution in [3.63, 3.8) is 0 Å². The number of aliphatic imine (C=N–C) groups is 1. The first-order valence-electron chi connectivity index (χ1n) is 7.66. The summed E-state index contributed by atoms with van der Waals surface area (Å²) in [5, 5.41) is 4.18. The molecule has 126 valence electrons. The summed E-state index contributed by atoms with van der Waals surface area (Å²) in [6, 6.07) is 0. The Kier molecular flexibility index (Phi) is 8.59. The molecule has 2 rings (SSSR count). The van der Waals surface area contributed by atoms with Gasteiger partial charge in [0.1, 0.15) is 5.82 Å². The van der Waals surface area contributed by atoms with Crippen molar-refractivity contribution >= 4 is 41.7 Å². The van der Waals surface area contributed by atoms with Gasteiger partial charge in [0.15, 0.2) is 5.96 Å². The zero-order valence-corrected chi connectivity index (χ0v) is 17.1. The van der Waals surface area contributed by atoms with Gasteiger partial charge in [-0.2, -0.15) is 11.8 Å². The fourth-order valence-electron chi connectivity index (χ4n) is 2.53. The highest BCUT2D eigenvalue weighted by atomic mass is 127. The zero-order valence-electron chi connectivity index (χ0n) is 14.0. The average molecular weight is 437 g/mol. The summed E-state index contributed by atoms with van der Waals surface area (Å²) in [5.41, 5.74) is 0. The van der Waals surface area contributed by atoms with E-state index in [9.17, 15) is 0 Å². The minimum absolute atomic E-state index is 0. The van der Waals surface area contributed by atoms with Crippen molar-refractivity contribution in [1.29, 1.82) is 0 Å². The molecule has 22 heavy (non-hydrogen) atoms. The quantitative estimate of drug-likeness (QED) is 0.447. The molecule has 0 radical (unpaired) electrons. The third kappa shape index (κ3) is 5.33. The molecule has 1 saturated heterocycles. The van der Waals surface area contributed by atoms with Gasteiger partial charge < -0.3 is 14.8 Å². The molecule has 7 heteroatoms. The molecule has 2 heterocycles. The van der Waals surface area contributed by atoms with E-state index in [0.29, 0.717) is 11.2 Å². The maximum absolute atomic E-state index is 4.44. The van der Waals surface area contributed by atoms with Gasteiger partial charge in [-0.05, 0) is 12.8 Å². The Morgan fingerprint density at radius 2 is 2.32 bits per heavy atom. The van der Waals surface area contributed by atoms with Crippen LogP contribution in [-0.4, -0.2) is 58.1 Å². The predicted octanol–water partition coefficient (Wildman–Crippen LogP) is 2.46. The van der Waals surface area contributed by atoms with E-state index >= 15 is 0 Å². The third-order valence-corrected chi connectivity index (χ3v) is 5.45. The van der Waals surface area contributed by atoms with Gasteiger partial charge >= 0.3 is 0 Å². The maximum Gasteiger partial charge on any atom is 0.193 e. The molecule has 5 nitrogen and oxygen atoms in total. The molecular formula is C15H28IN5S. The Morgan fingerprint density at radius 3 is 2.91 bits per heavy atom. The van der Waals surface area contributed by atoms with E-state index < -0.39 is 0 Å². The second-order valence-electron chi connectivity index (χ2n) is 5.74. The molecule has 1 atom stereocenters. The number of rotatable bonds is 4. The van der Waals surface area contributed by atoms with E-state index in [4.69, 9.17) is 0 Å². The van der Waals surface area contributed by atoms with Crippen molar-refractivity contribution in [2.75, 3.05) is 32.4 Å². The van der Waals surface area contributed by atoms with Gasteiger partial charge in [0.05, 0.1) is 0 Å². The van der Waals surface area contributed by atoms with Gasteiger partial charge in [-0.25, -0.2) is 4.98 Å². The van der Waals surface area contributed by atoms with Gasteiger partial charge in [0.2, 0.25) is 0 Å². The highest BCUT2D eigenvalue weighted by Gasteiger charge is 2.24. The summed E-state index contributed by atoms with van der Waals surface area (Å²) < 4.78 is 2.16. The molecule has 1 aliphatic heterocycles. The normalized spacial score (nSPS) is 19.2. The lowest BCUT2D eigenvalue weighted by atomic mass is 10.1. The molecule has 1 aromatic heterocycles. The molecule has 1 fully saturated rings. The van der Waals surface area contributed by atoms with Gasteiger partial charge in [-0.1, -0.05) is 13.8 Å². The first-order valence-corrected chi connectivity index (χ1v) is 8.71. The first kappa shape index (κ1) is 19.6. The smallest absolute Gasteiger partial charge is 0.193 e. The number of hydrogen-bond donors (Lipinski definition) is 1. The second kappa shape index (κ2) is 9.64. The minimum Gasteiger partial charge on any atom is -0.354 e. The molecule has 0 bridgehead atoms. The van der Waals surface area contributed by atoms with Gasteiger partial charge in [0, 0.05) is 56.6 Å². The van der Waals surface area contributed by atoms with E-state index in [0.717, 1.165) is 38.0 Å². The molecule has 1 aliphatic rings. The third-order valence-electron chi connectivity index (χ3n) is 3.91. The summed E-state index contributed by atoms with van der Waals surface area (Å²) >= 11 is 2.09. The van der Waals surface area contributed by atoms with Crippen LogP contribution in [0, 0.1) is 12.8 Å². The standard InChI is InChI=1S/C15H27N5S.HI/c1-12(2)14-11-20(9-10-21-14)15(16-4)18-6-8-19-7-5-17-13(19)3;/h5,7,12,14H,6,8-11H2,1-4H3,(H,16,18);1H. The van der Waals surface area contributed by atoms with Crippen LogP contribution in [0.3, 0.4) is 0 Å². The molecule has 0 saturated carbocycles. The number of thioether (sulfide) groups is 1. The molecular weight excluding hydrogens is 409 g/mol. The van der Waals surface area contributed by atoms with E-state index in [2.05, 4.69) is 50.4 Å². The van der Waals surface area contributed by atoms with E-state index in [1.807, 2.05) is 26.4 Å². The van der Waals surface area contributed by atoms with Crippen LogP contribution in [-0.2, 0) is 6.54 Å². The molecule has 1 N–H and O–H groups in total. The highest BCUT2D eigenvalue weighted by molar-refractivity contribution is 14.0.